The first kappa shape index (κ1) is 12.2. The maximum absolute atomic E-state index is 6.25. The summed E-state index contributed by atoms with van der Waals surface area (Å²) in [7, 11) is 0. The van der Waals surface area contributed by atoms with Gasteiger partial charge in [0.25, 0.3) is 0 Å². The average molecular weight is 259 g/mol. The average Bonchev–Trinajstić information content (AvgIpc) is 2.80. The molecule has 0 N–H and O–H groups in total. The van der Waals surface area contributed by atoms with Crippen LogP contribution in [0.2, 0.25) is 6.32 Å². The molecule has 1 saturated heterocycles. The van der Waals surface area contributed by atoms with E-state index >= 15 is 0 Å². The lowest BCUT2D eigenvalue weighted by Crippen LogP contribution is -2.36. The summed E-state index contributed by atoms with van der Waals surface area (Å²) in [5.41, 5.74) is 4.37. The molecule has 2 aromatic rings. The molecule has 1 aromatic carbocycles. The van der Waals surface area contributed by atoms with Crippen LogP contribution < -0.4 is 5.46 Å². The van der Waals surface area contributed by atoms with E-state index in [1.165, 1.54) is 10.2 Å². The number of fused-ring (bicyclic) bond motifs is 1. The van der Waals surface area contributed by atoms with Gasteiger partial charge in [-0.05, 0) is 43.2 Å². The van der Waals surface area contributed by atoms with Crippen molar-refractivity contribution in [1.29, 1.82) is 0 Å². The van der Waals surface area contributed by atoms with Crippen LogP contribution in [-0.2, 0) is 4.65 Å². The highest BCUT2D eigenvalue weighted by molar-refractivity contribution is 7.16. The van der Waals surface area contributed by atoms with Gasteiger partial charge in [-0.25, -0.2) is 4.98 Å². The Hall–Kier alpha value is -0.865. The number of rotatable bonds is 1. The summed E-state index contributed by atoms with van der Waals surface area (Å²) in [4.78, 5) is 4.39. The summed E-state index contributed by atoms with van der Waals surface area (Å²) in [5.74, 6) is 0. The fraction of sp³-hybridized carbons (Fsp3) is 0.500. The van der Waals surface area contributed by atoms with E-state index in [1.54, 1.807) is 11.3 Å². The lowest BCUT2D eigenvalue weighted by molar-refractivity contribution is 0.0375. The highest BCUT2D eigenvalue weighted by Crippen LogP contribution is 2.45. The minimum atomic E-state index is -0.0747. The van der Waals surface area contributed by atoms with Gasteiger partial charge in [-0.15, -0.1) is 11.3 Å². The molecular formula is C14H18BNOS. The third-order valence-corrected chi connectivity index (χ3v) is 5.30. The minimum absolute atomic E-state index is 0.0747. The highest BCUT2D eigenvalue weighted by atomic mass is 32.1. The number of benzene rings is 1. The SMILES string of the molecule is CC1(C)CB(c2ccc3scnc3c2)OC1(C)C. The molecule has 3 rings (SSSR count). The third-order valence-electron chi connectivity index (χ3n) is 4.49. The van der Waals surface area contributed by atoms with Gasteiger partial charge in [0.15, 0.2) is 0 Å². The zero-order valence-corrected chi connectivity index (χ0v) is 12.2. The molecule has 18 heavy (non-hydrogen) atoms. The molecule has 0 saturated carbocycles. The second kappa shape index (κ2) is 3.81. The van der Waals surface area contributed by atoms with E-state index in [1.807, 2.05) is 5.51 Å². The zero-order chi connectivity index (χ0) is 13.0. The maximum atomic E-state index is 6.25. The molecule has 0 bridgehead atoms. The maximum Gasteiger partial charge on any atom is 0.328 e. The number of nitrogens with zero attached hydrogens (tertiary/aromatic N) is 1. The topological polar surface area (TPSA) is 22.1 Å². The second-order valence-corrected chi connectivity index (χ2v) is 7.17. The Bertz CT molecular complexity index is 574. The van der Waals surface area contributed by atoms with Crippen LogP contribution in [0.5, 0.6) is 0 Å². The first-order valence-corrected chi connectivity index (χ1v) is 7.28. The summed E-state index contributed by atoms with van der Waals surface area (Å²) in [6.45, 7) is 9.15. The van der Waals surface area contributed by atoms with Crippen molar-refractivity contribution in [2.24, 2.45) is 5.41 Å². The van der Waals surface area contributed by atoms with Crippen molar-refractivity contribution in [3.63, 3.8) is 0 Å². The summed E-state index contributed by atoms with van der Waals surface area (Å²) < 4.78 is 7.50. The summed E-state index contributed by atoms with van der Waals surface area (Å²) in [5, 5.41) is 0. The Labute approximate surface area is 112 Å². The van der Waals surface area contributed by atoms with Crippen LogP contribution in [0.3, 0.4) is 0 Å². The number of hydrogen-bond acceptors (Lipinski definition) is 3. The molecule has 1 aromatic heterocycles. The van der Waals surface area contributed by atoms with E-state index in [0.717, 1.165) is 11.8 Å². The van der Waals surface area contributed by atoms with Crippen molar-refractivity contribution >= 4 is 33.9 Å². The zero-order valence-electron chi connectivity index (χ0n) is 11.4. The molecule has 94 valence electrons. The van der Waals surface area contributed by atoms with E-state index in [0.29, 0.717) is 0 Å². The van der Waals surface area contributed by atoms with Gasteiger partial charge in [-0.2, -0.15) is 0 Å². The van der Waals surface area contributed by atoms with Crippen LogP contribution in [0, 0.1) is 5.41 Å². The lowest BCUT2D eigenvalue weighted by Gasteiger charge is -2.34. The fourth-order valence-corrected chi connectivity index (χ4v) is 3.19. The normalized spacial score (nSPS) is 21.7. The quantitative estimate of drug-likeness (QED) is 0.733. The van der Waals surface area contributed by atoms with E-state index in [-0.39, 0.29) is 17.9 Å². The lowest BCUT2D eigenvalue weighted by atomic mass is 9.54. The Morgan fingerprint density at radius 2 is 2.06 bits per heavy atom. The molecule has 1 fully saturated rings. The van der Waals surface area contributed by atoms with Gasteiger partial charge < -0.3 is 4.65 Å². The molecular weight excluding hydrogens is 241 g/mol. The smallest absolute Gasteiger partial charge is 0.328 e. The van der Waals surface area contributed by atoms with Crippen LogP contribution >= 0.6 is 11.3 Å². The number of hydrogen-bond donors (Lipinski definition) is 0. The van der Waals surface area contributed by atoms with Gasteiger partial charge in [0, 0.05) is 0 Å². The molecule has 2 nitrogen and oxygen atoms in total. The van der Waals surface area contributed by atoms with Gasteiger partial charge in [-0.3, -0.25) is 0 Å². The monoisotopic (exact) mass is 259 g/mol. The minimum Gasteiger partial charge on any atom is -0.426 e. The van der Waals surface area contributed by atoms with Crippen LogP contribution in [-0.4, -0.2) is 17.5 Å². The Kier molecular flexibility index (Phi) is 2.58. The predicted molar refractivity (Wildman–Crippen MR) is 78.8 cm³/mol. The molecule has 0 radical (unpaired) electrons. The van der Waals surface area contributed by atoms with Crippen molar-refractivity contribution in [2.75, 3.05) is 0 Å². The fourth-order valence-electron chi connectivity index (χ4n) is 2.53. The van der Waals surface area contributed by atoms with E-state index in [4.69, 9.17) is 4.65 Å². The Morgan fingerprint density at radius 1 is 1.28 bits per heavy atom. The Morgan fingerprint density at radius 3 is 2.72 bits per heavy atom. The first-order valence-electron chi connectivity index (χ1n) is 6.40. The van der Waals surface area contributed by atoms with Gasteiger partial charge in [-0.1, -0.05) is 19.9 Å². The van der Waals surface area contributed by atoms with E-state index in [2.05, 4.69) is 50.9 Å². The van der Waals surface area contributed by atoms with Gasteiger partial charge in [0.2, 0.25) is 0 Å². The number of aromatic nitrogens is 1. The molecule has 0 amide bonds. The van der Waals surface area contributed by atoms with Crippen LogP contribution in [0.15, 0.2) is 23.7 Å². The van der Waals surface area contributed by atoms with Crippen molar-refractivity contribution in [3.8, 4) is 0 Å². The summed E-state index contributed by atoms with van der Waals surface area (Å²) >= 11 is 1.69. The molecule has 0 spiro atoms. The molecule has 1 aliphatic rings. The van der Waals surface area contributed by atoms with Crippen molar-refractivity contribution in [2.45, 2.75) is 39.6 Å². The van der Waals surface area contributed by atoms with Crippen LogP contribution in [0.4, 0.5) is 0 Å². The van der Waals surface area contributed by atoms with Crippen LogP contribution in [0.1, 0.15) is 27.7 Å². The predicted octanol–water partition coefficient (Wildman–Crippen LogP) is 3.33. The summed E-state index contributed by atoms with van der Waals surface area (Å²) in [6, 6.07) is 6.51. The molecule has 0 atom stereocenters. The molecule has 0 aliphatic carbocycles. The van der Waals surface area contributed by atoms with Gasteiger partial charge in [0.1, 0.15) is 0 Å². The molecule has 0 unspecified atom stereocenters. The van der Waals surface area contributed by atoms with Crippen LogP contribution in [0.25, 0.3) is 10.2 Å². The standard InChI is InChI=1S/C14H18BNOS/c1-13(2)8-15(17-14(13,3)4)10-5-6-12-11(7-10)16-9-18-12/h5-7,9H,8H2,1-4H3. The van der Waals surface area contributed by atoms with Crippen molar-refractivity contribution < 1.29 is 4.65 Å². The largest absolute Gasteiger partial charge is 0.426 e. The molecule has 2 heterocycles. The second-order valence-electron chi connectivity index (χ2n) is 6.28. The molecule has 4 heteroatoms. The number of thiazole rings is 1. The third kappa shape index (κ3) is 1.79. The summed E-state index contributed by atoms with van der Waals surface area (Å²) in [6.07, 6.45) is 1.07. The van der Waals surface area contributed by atoms with E-state index < -0.39 is 0 Å². The van der Waals surface area contributed by atoms with Crippen molar-refractivity contribution in [3.05, 3.63) is 23.7 Å². The Balaban J connectivity index is 1.96. The highest BCUT2D eigenvalue weighted by Gasteiger charge is 2.49. The van der Waals surface area contributed by atoms with Gasteiger partial charge in [0.05, 0.1) is 21.3 Å². The van der Waals surface area contributed by atoms with Gasteiger partial charge >= 0.3 is 6.92 Å². The molecule has 1 aliphatic heterocycles. The first-order chi connectivity index (χ1) is 8.39. The van der Waals surface area contributed by atoms with E-state index in [9.17, 15) is 0 Å². The van der Waals surface area contributed by atoms with Crippen molar-refractivity contribution in [1.82, 2.24) is 4.98 Å².